The van der Waals surface area contributed by atoms with Gasteiger partial charge in [0.05, 0.1) is 36.2 Å². The SMILES string of the molecule is O=C(NCc1ccccn1)c1ccc2c(c1)C(=O)N(Cc1ccco1)C2=O. The topological polar surface area (TPSA) is 92.5 Å². The minimum Gasteiger partial charge on any atom is -0.467 e. The summed E-state index contributed by atoms with van der Waals surface area (Å²) in [4.78, 5) is 42.7. The van der Waals surface area contributed by atoms with Crippen molar-refractivity contribution in [3.8, 4) is 0 Å². The van der Waals surface area contributed by atoms with Gasteiger partial charge in [-0.1, -0.05) is 6.07 Å². The van der Waals surface area contributed by atoms with Crippen molar-refractivity contribution in [2.75, 3.05) is 0 Å². The van der Waals surface area contributed by atoms with Crippen molar-refractivity contribution in [3.05, 3.63) is 89.1 Å². The number of benzene rings is 1. The highest BCUT2D eigenvalue weighted by molar-refractivity contribution is 6.21. The van der Waals surface area contributed by atoms with Gasteiger partial charge in [-0.15, -0.1) is 0 Å². The summed E-state index contributed by atoms with van der Waals surface area (Å²) in [7, 11) is 0. The van der Waals surface area contributed by atoms with Gasteiger partial charge in [0.15, 0.2) is 0 Å². The Bertz CT molecular complexity index is 1010. The molecule has 0 fully saturated rings. The summed E-state index contributed by atoms with van der Waals surface area (Å²) in [5, 5.41) is 2.75. The van der Waals surface area contributed by atoms with E-state index in [1.165, 1.54) is 24.5 Å². The highest BCUT2D eigenvalue weighted by atomic mass is 16.3. The second-order valence-corrected chi connectivity index (χ2v) is 6.04. The van der Waals surface area contributed by atoms with Gasteiger partial charge < -0.3 is 9.73 Å². The third-order valence-electron chi connectivity index (χ3n) is 4.28. The van der Waals surface area contributed by atoms with E-state index in [4.69, 9.17) is 4.42 Å². The molecular formula is C20H15N3O4. The summed E-state index contributed by atoms with van der Waals surface area (Å²) in [5.41, 5.74) is 1.54. The molecule has 0 atom stereocenters. The van der Waals surface area contributed by atoms with Crippen LogP contribution in [0.4, 0.5) is 0 Å². The van der Waals surface area contributed by atoms with Gasteiger partial charge >= 0.3 is 0 Å². The van der Waals surface area contributed by atoms with Crippen LogP contribution in [0.3, 0.4) is 0 Å². The first-order valence-corrected chi connectivity index (χ1v) is 8.34. The summed E-state index contributed by atoms with van der Waals surface area (Å²) in [6.07, 6.45) is 3.13. The maximum absolute atomic E-state index is 12.6. The number of rotatable bonds is 5. The number of carbonyl (C=O) groups is 3. The standard InChI is InChI=1S/C20H15N3O4/c24-18(22-11-14-4-1-2-8-21-14)13-6-7-16-17(10-13)20(26)23(19(16)25)12-15-5-3-9-27-15/h1-10H,11-12H2,(H,22,24). The van der Waals surface area contributed by atoms with Crippen molar-refractivity contribution < 1.29 is 18.8 Å². The molecule has 1 aromatic carbocycles. The van der Waals surface area contributed by atoms with E-state index >= 15 is 0 Å². The first-order chi connectivity index (χ1) is 13.1. The average Bonchev–Trinajstić information content (AvgIpc) is 3.30. The number of nitrogens with one attached hydrogen (secondary N) is 1. The van der Waals surface area contributed by atoms with Gasteiger partial charge in [-0.2, -0.15) is 0 Å². The summed E-state index contributed by atoms with van der Waals surface area (Å²) >= 11 is 0. The third kappa shape index (κ3) is 3.22. The lowest BCUT2D eigenvalue weighted by molar-refractivity contribution is 0.0631. The lowest BCUT2D eigenvalue weighted by Crippen LogP contribution is -2.28. The van der Waals surface area contributed by atoms with Crippen molar-refractivity contribution in [1.82, 2.24) is 15.2 Å². The van der Waals surface area contributed by atoms with Crippen LogP contribution in [0, 0.1) is 0 Å². The van der Waals surface area contributed by atoms with E-state index in [0.29, 0.717) is 11.3 Å². The molecule has 1 aliphatic heterocycles. The molecule has 0 unspecified atom stereocenters. The molecule has 0 radical (unpaired) electrons. The van der Waals surface area contributed by atoms with Gasteiger partial charge in [-0.25, -0.2) is 0 Å². The van der Waals surface area contributed by atoms with E-state index in [1.54, 1.807) is 30.5 Å². The molecule has 134 valence electrons. The molecule has 2 aromatic heterocycles. The molecule has 4 rings (SSSR count). The van der Waals surface area contributed by atoms with Crippen molar-refractivity contribution >= 4 is 17.7 Å². The number of hydrogen-bond acceptors (Lipinski definition) is 5. The minimum absolute atomic E-state index is 0.0561. The Morgan fingerprint density at radius 1 is 1.04 bits per heavy atom. The maximum Gasteiger partial charge on any atom is 0.261 e. The van der Waals surface area contributed by atoms with E-state index in [-0.39, 0.29) is 30.1 Å². The van der Waals surface area contributed by atoms with Gasteiger partial charge in [-0.05, 0) is 42.5 Å². The Morgan fingerprint density at radius 3 is 2.63 bits per heavy atom. The Labute approximate surface area is 154 Å². The van der Waals surface area contributed by atoms with Gasteiger partial charge in [0.1, 0.15) is 5.76 Å². The van der Waals surface area contributed by atoms with E-state index in [1.807, 2.05) is 6.07 Å². The third-order valence-corrected chi connectivity index (χ3v) is 4.28. The van der Waals surface area contributed by atoms with Crippen molar-refractivity contribution in [1.29, 1.82) is 0 Å². The Morgan fingerprint density at radius 2 is 1.89 bits per heavy atom. The second-order valence-electron chi connectivity index (χ2n) is 6.04. The fourth-order valence-corrected chi connectivity index (χ4v) is 2.91. The van der Waals surface area contributed by atoms with Crippen LogP contribution in [0.1, 0.15) is 42.5 Å². The van der Waals surface area contributed by atoms with Gasteiger partial charge in [0, 0.05) is 11.8 Å². The Hall–Kier alpha value is -3.74. The lowest BCUT2D eigenvalue weighted by Gasteiger charge is -2.11. The Balaban J connectivity index is 1.51. The van der Waals surface area contributed by atoms with E-state index in [0.717, 1.165) is 10.6 Å². The van der Waals surface area contributed by atoms with Crippen molar-refractivity contribution in [2.45, 2.75) is 13.1 Å². The minimum atomic E-state index is -0.439. The number of carbonyl (C=O) groups excluding carboxylic acids is 3. The highest BCUT2D eigenvalue weighted by Crippen LogP contribution is 2.25. The number of imide groups is 1. The van der Waals surface area contributed by atoms with Crippen LogP contribution < -0.4 is 5.32 Å². The largest absolute Gasteiger partial charge is 0.467 e. The predicted octanol–water partition coefficient (Wildman–Crippen LogP) is 2.40. The second kappa shape index (κ2) is 6.87. The molecule has 0 spiro atoms. The molecule has 7 heteroatoms. The predicted molar refractivity (Wildman–Crippen MR) is 94.8 cm³/mol. The smallest absolute Gasteiger partial charge is 0.261 e. The number of amides is 3. The lowest BCUT2D eigenvalue weighted by atomic mass is 10.1. The molecule has 27 heavy (non-hydrogen) atoms. The molecule has 3 heterocycles. The zero-order valence-electron chi connectivity index (χ0n) is 14.2. The quantitative estimate of drug-likeness (QED) is 0.705. The number of aromatic nitrogens is 1. The summed E-state index contributed by atoms with van der Waals surface area (Å²) in [5.74, 6) is -0.663. The maximum atomic E-state index is 12.6. The van der Waals surface area contributed by atoms with Crippen LogP contribution in [0.15, 0.2) is 65.4 Å². The summed E-state index contributed by atoms with van der Waals surface area (Å²) < 4.78 is 5.21. The molecule has 0 saturated heterocycles. The van der Waals surface area contributed by atoms with Gasteiger partial charge in [0.25, 0.3) is 17.7 Å². The molecule has 0 aliphatic carbocycles. The molecule has 0 bridgehead atoms. The first-order valence-electron chi connectivity index (χ1n) is 8.34. The zero-order chi connectivity index (χ0) is 18.8. The van der Waals surface area contributed by atoms with Crippen molar-refractivity contribution in [3.63, 3.8) is 0 Å². The zero-order valence-corrected chi connectivity index (χ0v) is 14.2. The van der Waals surface area contributed by atoms with Gasteiger partial charge in [-0.3, -0.25) is 24.3 Å². The molecule has 3 amide bonds. The molecule has 3 aromatic rings. The number of nitrogens with zero attached hydrogens (tertiary/aromatic N) is 2. The van der Waals surface area contributed by atoms with E-state index in [9.17, 15) is 14.4 Å². The molecule has 1 N–H and O–H groups in total. The van der Waals surface area contributed by atoms with Gasteiger partial charge in [0.2, 0.25) is 0 Å². The van der Waals surface area contributed by atoms with Crippen LogP contribution in [-0.4, -0.2) is 27.6 Å². The first kappa shape index (κ1) is 16.7. The van der Waals surface area contributed by atoms with Crippen LogP contribution in [0.5, 0.6) is 0 Å². The number of furan rings is 1. The molecule has 7 nitrogen and oxygen atoms in total. The Kier molecular flexibility index (Phi) is 4.25. The normalized spacial score (nSPS) is 13.0. The summed E-state index contributed by atoms with van der Waals surface area (Å²) in [6.45, 7) is 0.328. The van der Waals surface area contributed by atoms with Crippen LogP contribution in [0.2, 0.25) is 0 Å². The monoisotopic (exact) mass is 361 g/mol. The molecular weight excluding hydrogens is 346 g/mol. The number of pyridine rings is 1. The highest BCUT2D eigenvalue weighted by Gasteiger charge is 2.36. The van der Waals surface area contributed by atoms with Crippen LogP contribution in [-0.2, 0) is 13.1 Å². The van der Waals surface area contributed by atoms with Crippen molar-refractivity contribution in [2.24, 2.45) is 0 Å². The summed E-state index contributed by atoms with van der Waals surface area (Å²) in [6, 6.07) is 13.3. The number of fused-ring (bicyclic) bond motifs is 1. The average molecular weight is 361 g/mol. The fraction of sp³-hybridized carbons (Fsp3) is 0.100. The van der Waals surface area contributed by atoms with E-state index < -0.39 is 11.8 Å². The fourth-order valence-electron chi connectivity index (χ4n) is 2.91. The van der Waals surface area contributed by atoms with Crippen LogP contribution >= 0.6 is 0 Å². The van der Waals surface area contributed by atoms with E-state index in [2.05, 4.69) is 10.3 Å². The molecule has 0 saturated carbocycles. The molecule has 1 aliphatic rings. The van der Waals surface area contributed by atoms with Crippen LogP contribution in [0.25, 0.3) is 0 Å². The number of hydrogen-bond donors (Lipinski definition) is 1.